The van der Waals surface area contributed by atoms with Gasteiger partial charge in [-0.3, -0.25) is 43.3 Å². The van der Waals surface area contributed by atoms with E-state index >= 15 is 0 Å². The molecule has 0 aliphatic heterocycles. The van der Waals surface area contributed by atoms with Crippen molar-refractivity contribution < 1.29 is 4.79 Å². The van der Waals surface area contributed by atoms with Gasteiger partial charge in [-0.1, -0.05) is 0 Å². The summed E-state index contributed by atoms with van der Waals surface area (Å²) in [7, 11) is 0. The molecule has 4 N–H and O–H groups in total. The van der Waals surface area contributed by atoms with Crippen LogP contribution in [0, 0.1) is 55.4 Å². The first kappa shape index (κ1) is 72.8. The molecule has 11 aromatic rings. The number of aryl methyl sites for hydroxylation is 8. The number of nitrogens with zero attached hydrogens (tertiary/aromatic N) is 18. The van der Waals surface area contributed by atoms with Gasteiger partial charge in [-0.25, -0.2) is 63.9 Å². The first-order valence-electron chi connectivity index (χ1n) is 30.3. The Bertz CT molecular complexity index is 4630. The number of ketones is 1. The van der Waals surface area contributed by atoms with E-state index in [-0.39, 0.29) is 63.5 Å². The average Bonchev–Trinajstić information content (AvgIpc) is 1.77. The van der Waals surface area contributed by atoms with Crippen molar-refractivity contribution in [2.45, 2.75) is 208 Å². The van der Waals surface area contributed by atoms with E-state index in [1.807, 2.05) is 135 Å². The first-order valence-corrected chi connectivity index (χ1v) is 30.3. The third-order valence-electron chi connectivity index (χ3n) is 14.0. The molecule has 0 aliphatic carbocycles. The third-order valence-corrected chi connectivity index (χ3v) is 14.0. The molecule has 0 saturated heterocycles. The van der Waals surface area contributed by atoms with Crippen molar-refractivity contribution in [2.24, 2.45) is 0 Å². The molecule has 0 atom stereocenters. The van der Waals surface area contributed by atoms with Crippen LogP contribution in [-0.4, -0.2) is 113 Å². The lowest BCUT2D eigenvalue weighted by Crippen LogP contribution is -2.31. The molecule has 0 amide bonds. The summed E-state index contributed by atoms with van der Waals surface area (Å²) in [5.74, 6) is 2.46. The quantitative estimate of drug-likeness (QED) is 0.108. The number of hydrogen-bond donors (Lipinski definition) is 4. The molecule has 0 aromatic carbocycles. The minimum atomic E-state index is -0.515. The predicted molar refractivity (Wildman–Crippen MR) is 357 cm³/mol. The minimum Gasteiger partial charge on any atom is -0.330 e. The topological polar surface area (TPSA) is 359 Å². The van der Waals surface area contributed by atoms with E-state index in [9.17, 15) is 33.6 Å². The molecular formula is C63H90N22O7. The van der Waals surface area contributed by atoms with E-state index in [4.69, 9.17) is 0 Å². The van der Waals surface area contributed by atoms with Crippen molar-refractivity contribution in [3.63, 3.8) is 0 Å². The van der Waals surface area contributed by atoms with Gasteiger partial charge in [-0.2, -0.15) is 4.98 Å². The standard InChI is InChI=1S/C11H15N3.C10H14N4.C9H12N4O2.C9H12N4O.C9H14N2O.C8H12N2O2.C7H11N3O/c1-7(2)14-6-5-10-8(3)12-9(4)13-11(10)14;1-6(2)14-5-11-9-7(3)12-8(4)13-10(9)14;1-9(2,3)13-4-10-5-6(13)11-8(15)12-7(5)14;1-5(2)13-4-10-7-8(13)11-6(3)12-9(7)14;1-6(2)11-5-7(3)8(4)10-9(11)12;1-5(2)10-4-6(3)7(11)9-8(10)12;1-5(2)10-4-8-7(9-10)6(3)11/h5-7H,1-4H3;5-6H,1-4H3;4H,1-3H3,(H2,11,12,14,15);4-5H,1-3H3,(H,11,12,14);5-6H,1-4H3;4-5H,1-3H3,(H,9,11,12);4-5H,1-3H3. The molecule has 0 aliphatic rings. The molecule has 0 unspecified atom stereocenters. The lowest BCUT2D eigenvalue weighted by Gasteiger charge is -2.20. The van der Waals surface area contributed by atoms with Crippen LogP contribution in [0.2, 0.25) is 0 Å². The second kappa shape index (κ2) is 30.7. The van der Waals surface area contributed by atoms with Gasteiger partial charge in [0.2, 0.25) is 5.82 Å². The molecule has 0 fully saturated rings. The normalized spacial score (nSPS) is 11.3. The molecule has 0 spiro atoms. The van der Waals surface area contributed by atoms with Gasteiger partial charge in [-0.15, -0.1) is 5.10 Å². The zero-order chi connectivity index (χ0) is 69.1. The number of H-pyrrole nitrogens is 4. The highest BCUT2D eigenvalue weighted by Crippen LogP contribution is 2.21. The maximum atomic E-state index is 11.5. The number of carbonyl (C=O) groups excluding carboxylic acids is 1. The number of aromatic amines is 4. The van der Waals surface area contributed by atoms with Crippen LogP contribution in [0.5, 0.6) is 0 Å². The Labute approximate surface area is 532 Å². The first-order chi connectivity index (χ1) is 42.8. The van der Waals surface area contributed by atoms with Crippen molar-refractivity contribution in [3.8, 4) is 0 Å². The zero-order valence-corrected chi connectivity index (χ0v) is 57.5. The van der Waals surface area contributed by atoms with Gasteiger partial charge in [-0.05, 0) is 171 Å². The highest BCUT2D eigenvalue weighted by atomic mass is 16.2. The second-order valence-electron chi connectivity index (χ2n) is 24.7. The van der Waals surface area contributed by atoms with Crippen LogP contribution in [0.4, 0.5) is 0 Å². The van der Waals surface area contributed by atoms with Gasteiger partial charge in [0.1, 0.15) is 40.6 Å². The van der Waals surface area contributed by atoms with Crippen LogP contribution >= 0.6 is 0 Å². The average molecular weight is 1270 g/mol. The van der Waals surface area contributed by atoms with Crippen molar-refractivity contribution in [1.29, 1.82) is 0 Å². The Morgan fingerprint density at radius 3 is 1.50 bits per heavy atom. The Hall–Kier alpha value is -9.96. The van der Waals surface area contributed by atoms with Crippen molar-refractivity contribution in [2.75, 3.05) is 0 Å². The molecule has 494 valence electrons. The second-order valence-corrected chi connectivity index (χ2v) is 24.7. The van der Waals surface area contributed by atoms with E-state index in [1.165, 1.54) is 11.5 Å². The Morgan fingerprint density at radius 2 is 0.978 bits per heavy atom. The maximum Gasteiger partial charge on any atom is 0.348 e. The fourth-order valence-corrected chi connectivity index (χ4v) is 8.84. The summed E-state index contributed by atoms with van der Waals surface area (Å²) in [6.45, 7) is 46.7. The number of fused-ring (bicyclic) bond motifs is 4. The summed E-state index contributed by atoms with van der Waals surface area (Å²) in [6.07, 6.45) is 12.1. The molecule has 11 rings (SSSR count). The summed E-state index contributed by atoms with van der Waals surface area (Å²) in [5.41, 5.74) is 6.91. The van der Waals surface area contributed by atoms with Gasteiger partial charge in [0.05, 0.1) is 30.4 Å². The van der Waals surface area contributed by atoms with Crippen molar-refractivity contribution in [3.05, 3.63) is 164 Å². The molecular weight excluding hydrogens is 1180 g/mol. The SMILES string of the molecule is CC(=O)c1ncn(C(C)C)n1.CC(C)(C)n1cnc2c(=O)[nH]c(=O)[nH]c21.Cc1cn(C(C)C)c(=O)[nH]c1=O.Cc1cn(C(C)C)c(=O)nc1C.Cc1nc(C)c2ccn(C(C)C)c2n1.Cc1nc(C)c2ncn(C(C)C)c2n1.Cc1nc2c(ncn2C(C)C)c(=O)[nH]1. The van der Waals surface area contributed by atoms with E-state index in [1.54, 1.807) is 52.8 Å². The number of carbonyl (C=O) groups is 1. The Morgan fingerprint density at radius 1 is 0.467 bits per heavy atom. The summed E-state index contributed by atoms with van der Waals surface area (Å²) in [5, 5.41) is 5.12. The van der Waals surface area contributed by atoms with Gasteiger partial charge in [0, 0.05) is 83.9 Å². The fraction of sp³-hybridized carbons (Fsp3) is 0.492. The lowest BCUT2D eigenvalue weighted by atomic mass is 10.1. The van der Waals surface area contributed by atoms with Crippen LogP contribution in [-0.2, 0) is 5.54 Å². The van der Waals surface area contributed by atoms with Crippen LogP contribution < -0.4 is 33.7 Å². The Kier molecular flexibility index (Phi) is 24.3. The van der Waals surface area contributed by atoms with E-state index in [0.29, 0.717) is 46.1 Å². The number of aromatic nitrogens is 22. The molecule has 29 heteroatoms. The highest BCUT2D eigenvalue weighted by Gasteiger charge is 2.19. The molecule has 11 heterocycles. The number of Topliss-reactive ketones (excluding diaryl/α,β-unsaturated/α-hetero) is 1. The zero-order valence-electron chi connectivity index (χ0n) is 57.5. The van der Waals surface area contributed by atoms with E-state index in [2.05, 4.69) is 124 Å². The lowest BCUT2D eigenvalue weighted by molar-refractivity contribution is 0.100. The summed E-state index contributed by atoms with van der Waals surface area (Å²) < 4.78 is 12.7. The van der Waals surface area contributed by atoms with Crippen molar-refractivity contribution in [1.82, 2.24) is 107 Å². The molecule has 0 radical (unpaired) electrons. The van der Waals surface area contributed by atoms with E-state index in [0.717, 1.165) is 56.5 Å². The molecule has 11 aromatic heterocycles. The van der Waals surface area contributed by atoms with Crippen molar-refractivity contribution >= 4 is 50.3 Å². The van der Waals surface area contributed by atoms with Crippen LogP contribution in [0.3, 0.4) is 0 Å². The smallest absolute Gasteiger partial charge is 0.330 e. The monoisotopic (exact) mass is 1270 g/mol. The summed E-state index contributed by atoms with van der Waals surface area (Å²) in [4.78, 5) is 130. The number of rotatable bonds is 7. The number of nitrogens with one attached hydrogen (secondary N) is 4. The molecule has 29 nitrogen and oxygen atoms in total. The predicted octanol–water partition coefficient (Wildman–Crippen LogP) is 8.76. The van der Waals surface area contributed by atoms with Gasteiger partial charge in [0.15, 0.2) is 28.1 Å². The molecule has 0 bridgehead atoms. The molecule has 0 saturated carbocycles. The highest BCUT2D eigenvalue weighted by molar-refractivity contribution is 5.90. The van der Waals surface area contributed by atoms with Crippen LogP contribution in [0.25, 0.3) is 44.5 Å². The van der Waals surface area contributed by atoms with Crippen LogP contribution in [0.1, 0.15) is 203 Å². The third kappa shape index (κ3) is 18.4. The fourth-order valence-electron chi connectivity index (χ4n) is 8.84. The van der Waals surface area contributed by atoms with E-state index < -0.39 is 11.2 Å². The van der Waals surface area contributed by atoms with Gasteiger partial charge >= 0.3 is 17.1 Å². The Balaban J connectivity index is 0.000000195. The molecule has 92 heavy (non-hydrogen) atoms. The number of hydrogen-bond acceptors (Lipinski definition) is 18. The largest absolute Gasteiger partial charge is 0.348 e. The van der Waals surface area contributed by atoms with Gasteiger partial charge < -0.3 is 23.3 Å². The maximum absolute atomic E-state index is 11.5. The summed E-state index contributed by atoms with van der Waals surface area (Å²) in [6, 6.07) is 3.70. The summed E-state index contributed by atoms with van der Waals surface area (Å²) >= 11 is 0. The van der Waals surface area contributed by atoms with Gasteiger partial charge in [0.25, 0.3) is 16.7 Å². The number of imidazole rings is 3. The van der Waals surface area contributed by atoms with Crippen LogP contribution in [0.15, 0.2) is 78.7 Å². The minimum absolute atomic E-state index is 0.0769.